The Morgan fingerprint density at radius 1 is 1.12 bits per heavy atom. The molecule has 0 unspecified atom stereocenters. The van der Waals surface area contributed by atoms with Crippen LogP contribution < -0.4 is 0 Å². The number of hydrogen-bond donors (Lipinski definition) is 1. The first-order chi connectivity index (χ1) is 12.8. The first kappa shape index (κ1) is 16.8. The SMILES string of the molecule is O[C@H]1[C@H](n2ccnc2)c2ccccc2C12CCN(C1CCSCC1)CC2. The van der Waals surface area contributed by atoms with E-state index in [1.807, 2.05) is 18.7 Å². The molecule has 1 N–H and O–H groups in total. The molecule has 4 nitrogen and oxygen atoms in total. The van der Waals surface area contributed by atoms with Gasteiger partial charge in [0.2, 0.25) is 0 Å². The number of fused-ring (bicyclic) bond motifs is 2. The number of benzene rings is 1. The van der Waals surface area contributed by atoms with Crippen LogP contribution in [0.15, 0.2) is 43.0 Å². The van der Waals surface area contributed by atoms with Crippen molar-refractivity contribution in [3.63, 3.8) is 0 Å². The van der Waals surface area contributed by atoms with E-state index < -0.39 is 0 Å². The highest BCUT2D eigenvalue weighted by molar-refractivity contribution is 7.99. The zero-order valence-electron chi connectivity index (χ0n) is 15.1. The first-order valence-electron chi connectivity index (χ1n) is 9.86. The van der Waals surface area contributed by atoms with Gasteiger partial charge in [0.1, 0.15) is 0 Å². The molecule has 138 valence electrons. The fourth-order valence-electron chi connectivity index (χ4n) is 5.50. The van der Waals surface area contributed by atoms with E-state index in [0.717, 1.165) is 32.0 Å². The van der Waals surface area contributed by atoms with Crippen LogP contribution in [0, 0.1) is 0 Å². The Bertz CT molecular complexity index is 748. The number of aromatic nitrogens is 2. The van der Waals surface area contributed by atoms with Crippen molar-refractivity contribution in [3.05, 3.63) is 54.1 Å². The number of imidazole rings is 1. The molecule has 0 bridgehead atoms. The molecular weight excluding hydrogens is 342 g/mol. The molecule has 0 saturated carbocycles. The van der Waals surface area contributed by atoms with E-state index in [2.05, 4.69) is 50.5 Å². The molecule has 1 aromatic carbocycles. The average molecular weight is 370 g/mol. The summed E-state index contributed by atoms with van der Waals surface area (Å²) in [6.45, 7) is 2.22. The summed E-state index contributed by atoms with van der Waals surface area (Å²) in [5.41, 5.74) is 2.54. The van der Waals surface area contributed by atoms with Crippen LogP contribution in [0.5, 0.6) is 0 Å². The first-order valence-corrected chi connectivity index (χ1v) is 11.0. The lowest BCUT2D eigenvalue weighted by molar-refractivity contribution is 0.0113. The topological polar surface area (TPSA) is 41.3 Å². The van der Waals surface area contributed by atoms with Crippen LogP contribution in [0.3, 0.4) is 0 Å². The molecule has 1 aliphatic carbocycles. The molecule has 2 aliphatic heterocycles. The van der Waals surface area contributed by atoms with Crippen LogP contribution in [0.25, 0.3) is 0 Å². The molecule has 1 aromatic heterocycles. The summed E-state index contributed by atoms with van der Waals surface area (Å²) in [6.07, 6.45) is 10.0. The lowest BCUT2D eigenvalue weighted by Crippen LogP contribution is -2.51. The third-order valence-corrected chi connectivity index (χ3v) is 7.97. The maximum atomic E-state index is 11.5. The summed E-state index contributed by atoms with van der Waals surface area (Å²) in [4.78, 5) is 6.92. The molecule has 2 atom stereocenters. The van der Waals surface area contributed by atoms with Gasteiger partial charge in [0.05, 0.1) is 18.5 Å². The number of likely N-dealkylation sites (tertiary alicyclic amines) is 1. The Morgan fingerprint density at radius 2 is 1.88 bits per heavy atom. The average Bonchev–Trinajstić information content (AvgIpc) is 3.30. The molecule has 5 rings (SSSR count). The van der Waals surface area contributed by atoms with Crippen molar-refractivity contribution >= 4 is 11.8 Å². The van der Waals surface area contributed by atoms with E-state index in [1.54, 1.807) is 0 Å². The zero-order valence-corrected chi connectivity index (χ0v) is 15.9. The van der Waals surface area contributed by atoms with Crippen LogP contribution >= 0.6 is 11.8 Å². The number of piperidine rings is 1. The Balaban J connectivity index is 1.44. The minimum Gasteiger partial charge on any atom is -0.390 e. The van der Waals surface area contributed by atoms with Crippen molar-refractivity contribution < 1.29 is 5.11 Å². The van der Waals surface area contributed by atoms with Gasteiger partial charge in [0.15, 0.2) is 0 Å². The Morgan fingerprint density at radius 3 is 2.62 bits per heavy atom. The van der Waals surface area contributed by atoms with E-state index in [1.165, 1.54) is 35.5 Å². The van der Waals surface area contributed by atoms with Crippen LogP contribution in [-0.2, 0) is 5.41 Å². The summed E-state index contributed by atoms with van der Waals surface area (Å²) >= 11 is 2.10. The minimum atomic E-state index is -0.377. The maximum absolute atomic E-state index is 11.5. The van der Waals surface area contributed by atoms with Crippen molar-refractivity contribution in [2.75, 3.05) is 24.6 Å². The fourth-order valence-corrected chi connectivity index (χ4v) is 6.58. The largest absolute Gasteiger partial charge is 0.390 e. The second-order valence-electron chi connectivity index (χ2n) is 8.02. The second kappa shape index (κ2) is 6.70. The molecule has 5 heteroatoms. The van der Waals surface area contributed by atoms with Gasteiger partial charge in [-0.2, -0.15) is 11.8 Å². The standard InChI is InChI=1S/C21H27N3OS/c25-20-19(24-12-9-22-15-24)17-3-1-2-4-18(17)21(20)7-10-23(11-8-21)16-5-13-26-14-6-16/h1-4,9,12,15-16,19-20,25H,5-8,10-11,13-14H2/t19-,20+/m1/s1. The number of hydrogen-bond acceptors (Lipinski definition) is 4. The van der Waals surface area contributed by atoms with E-state index in [0.29, 0.717) is 0 Å². The third kappa shape index (κ3) is 2.55. The molecular formula is C21H27N3OS. The van der Waals surface area contributed by atoms with Crippen molar-refractivity contribution in [2.45, 2.75) is 49.3 Å². The number of aliphatic hydroxyl groups excluding tert-OH is 1. The van der Waals surface area contributed by atoms with Crippen LogP contribution in [0.2, 0.25) is 0 Å². The molecule has 3 aliphatic rings. The van der Waals surface area contributed by atoms with Gasteiger partial charge < -0.3 is 14.6 Å². The number of rotatable bonds is 2. The third-order valence-electron chi connectivity index (χ3n) is 6.92. The highest BCUT2D eigenvalue weighted by Crippen LogP contribution is 2.52. The zero-order chi connectivity index (χ0) is 17.6. The van der Waals surface area contributed by atoms with Gasteiger partial charge >= 0.3 is 0 Å². The van der Waals surface area contributed by atoms with Gasteiger partial charge in [-0.15, -0.1) is 0 Å². The van der Waals surface area contributed by atoms with Gasteiger partial charge in [-0.25, -0.2) is 4.98 Å². The van der Waals surface area contributed by atoms with Crippen LogP contribution in [0.4, 0.5) is 0 Å². The van der Waals surface area contributed by atoms with Gasteiger partial charge in [-0.3, -0.25) is 0 Å². The molecule has 2 saturated heterocycles. The van der Waals surface area contributed by atoms with E-state index in [4.69, 9.17) is 0 Å². The summed E-state index contributed by atoms with van der Waals surface area (Å²) < 4.78 is 2.09. The molecule has 2 aromatic rings. The second-order valence-corrected chi connectivity index (χ2v) is 9.25. The van der Waals surface area contributed by atoms with Gasteiger partial charge in [0.25, 0.3) is 0 Å². The van der Waals surface area contributed by atoms with Crippen molar-refractivity contribution in [1.82, 2.24) is 14.5 Å². The lowest BCUT2D eigenvalue weighted by Gasteiger charge is -2.46. The summed E-state index contributed by atoms with van der Waals surface area (Å²) in [7, 11) is 0. The minimum absolute atomic E-state index is 0.00803. The highest BCUT2D eigenvalue weighted by Gasteiger charge is 2.53. The van der Waals surface area contributed by atoms with Gasteiger partial charge in [-0.05, 0) is 61.4 Å². The molecule has 2 fully saturated rings. The Labute approximate surface area is 159 Å². The summed E-state index contributed by atoms with van der Waals surface area (Å²) in [6, 6.07) is 9.43. The normalized spacial score (nSPS) is 29.1. The molecule has 0 radical (unpaired) electrons. The molecule has 0 amide bonds. The van der Waals surface area contributed by atoms with E-state index >= 15 is 0 Å². The molecule has 3 heterocycles. The molecule has 1 spiro atoms. The van der Waals surface area contributed by atoms with Crippen molar-refractivity contribution in [2.24, 2.45) is 0 Å². The van der Waals surface area contributed by atoms with E-state index in [9.17, 15) is 5.11 Å². The smallest absolute Gasteiger partial charge is 0.0952 e. The number of thioether (sulfide) groups is 1. The van der Waals surface area contributed by atoms with Gasteiger partial charge in [-0.1, -0.05) is 24.3 Å². The fraction of sp³-hybridized carbons (Fsp3) is 0.571. The lowest BCUT2D eigenvalue weighted by atomic mass is 9.71. The van der Waals surface area contributed by atoms with Gasteiger partial charge in [0, 0.05) is 23.9 Å². The molecule has 26 heavy (non-hydrogen) atoms. The Kier molecular flexibility index (Phi) is 4.34. The van der Waals surface area contributed by atoms with Crippen LogP contribution in [-0.4, -0.2) is 56.3 Å². The number of nitrogens with zero attached hydrogens (tertiary/aromatic N) is 3. The summed E-state index contributed by atoms with van der Waals surface area (Å²) in [5.74, 6) is 2.61. The predicted molar refractivity (Wildman–Crippen MR) is 106 cm³/mol. The Hall–Kier alpha value is -1.30. The monoisotopic (exact) mass is 369 g/mol. The number of aliphatic hydroxyl groups is 1. The predicted octanol–water partition coefficient (Wildman–Crippen LogP) is 3.08. The van der Waals surface area contributed by atoms with Crippen molar-refractivity contribution in [3.8, 4) is 0 Å². The summed E-state index contributed by atoms with van der Waals surface area (Å²) in [5, 5.41) is 11.5. The van der Waals surface area contributed by atoms with Crippen molar-refractivity contribution in [1.29, 1.82) is 0 Å². The van der Waals surface area contributed by atoms with E-state index in [-0.39, 0.29) is 17.6 Å². The van der Waals surface area contributed by atoms with Crippen LogP contribution in [0.1, 0.15) is 42.9 Å². The highest BCUT2D eigenvalue weighted by atomic mass is 32.2. The maximum Gasteiger partial charge on any atom is 0.0952 e. The quantitative estimate of drug-likeness (QED) is 0.883.